The second-order valence-electron chi connectivity index (χ2n) is 4.33. The predicted octanol–water partition coefficient (Wildman–Crippen LogP) is 3.02. The Labute approximate surface area is 75.8 Å². The molecule has 0 aromatic carbocycles. The molecule has 0 aliphatic heterocycles. The van der Waals surface area contributed by atoms with Gasteiger partial charge in [0.15, 0.2) is 0 Å². The summed E-state index contributed by atoms with van der Waals surface area (Å²) >= 11 is 0. The van der Waals surface area contributed by atoms with Crippen molar-refractivity contribution in [2.24, 2.45) is 11.3 Å². The summed E-state index contributed by atoms with van der Waals surface area (Å²) in [6, 6.07) is 0. The van der Waals surface area contributed by atoms with Crippen LogP contribution in [0.3, 0.4) is 0 Å². The molecule has 1 aliphatic rings. The molecule has 0 saturated heterocycles. The molecule has 0 amide bonds. The largest absolute Gasteiger partial charge is 0.385 e. The molecule has 1 nitrogen and oxygen atoms in total. The highest BCUT2D eigenvalue weighted by molar-refractivity contribution is 5.09. The van der Waals surface area contributed by atoms with Gasteiger partial charge in [-0.15, -0.1) is 0 Å². The Kier molecular flexibility index (Phi) is 2.94. The van der Waals surface area contributed by atoms with E-state index in [1.165, 1.54) is 24.8 Å². The van der Waals surface area contributed by atoms with E-state index < -0.39 is 0 Å². The predicted molar refractivity (Wildman–Crippen MR) is 52.1 cm³/mol. The highest BCUT2D eigenvalue weighted by Crippen LogP contribution is 2.51. The normalized spacial score (nSPS) is 34.4. The van der Waals surface area contributed by atoms with Crippen molar-refractivity contribution in [1.29, 1.82) is 0 Å². The van der Waals surface area contributed by atoms with Crippen molar-refractivity contribution in [3.8, 4) is 0 Å². The van der Waals surface area contributed by atoms with Gasteiger partial charge in [-0.1, -0.05) is 19.1 Å². The smallest absolute Gasteiger partial charge is 0.0467 e. The Bertz CT molecular complexity index is 174. The van der Waals surface area contributed by atoms with Gasteiger partial charge in [-0.2, -0.15) is 0 Å². The SMILES string of the molecule is C=C(C)[C@H]1CC[C@]1(C)CCOC. The van der Waals surface area contributed by atoms with Crippen LogP contribution in [0, 0.1) is 11.3 Å². The minimum atomic E-state index is 0.488. The summed E-state index contributed by atoms with van der Waals surface area (Å²) < 4.78 is 5.11. The van der Waals surface area contributed by atoms with Crippen molar-refractivity contribution in [1.82, 2.24) is 0 Å². The molecular weight excluding hydrogens is 148 g/mol. The van der Waals surface area contributed by atoms with Crippen LogP contribution in [0.2, 0.25) is 0 Å². The summed E-state index contributed by atoms with van der Waals surface area (Å²) in [7, 11) is 1.78. The molecule has 70 valence electrons. The van der Waals surface area contributed by atoms with E-state index in [0.717, 1.165) is 12.5 Å². The molecule has 1 rings (SSSR count). The number of hydrogen-bond acceptors (Lipinski definition) is 1. The number of hydrogen-bond donors (Lipinski definition) is 0. The summed E-state index contributed by atoms with van der Waals surface area (Å²) in [6.45, 7) is 9.43. The van der Waals surface area contributed by atoms with E-state index in [4.69, 9.17) is 4.74 Å². The van der Waals surface area contributed by atoms with Crippen LogP contribution < -0.4 is 0 Å². The molecule has 0 unspecified atom stereocenters. The monoisotopic (exact) mass is 168 g/mol. The maximum Gasteiger partial charge on any atom is 0.0467 e. The summed E-state index contributed by atoms with van der Waals surface area (Å²) in [4.78, 5) is 0. The van der Waals surface area contributed by atoms with Crippen molar-refractivity contribution < 1.29 is 4.74 Å². The highest BCUT2D eigenvalue weighted by atomic mass is 16.5. The maximum atomic E-state index is 5.11. The van der Waals surface area contributed by atoms with Gasteiger partial charge in [0.05, 0.1) is 0 Å². The Morgan fingerprint density at radius 3 is 2.67 bits per heavy atom. The fraction of sp³-hybridized carbons (Fsp3) is 0.818. The minimum Gasteiger partial charge on any atom is -0.385 e. The molecule has 0 heterocycles. The zero-order chi connectivity index (χ0) is 9.19. The fourth-order valence-electron chi connectivity index (χ4n) is 2.26. The lowest BCUT2D eigenvalue weighted by atomic mass is 9.57. The van der Waals surface area contributed by atoms with Crippen LogP contribution in [0.4, 0.5) is 0 Å². The van der Waals surface area contributed by atoms with Crippen LogP contribution in [-0.2, 0) is 4.74 Å². The van der Waals surface area contributed by atoms with Gasteiger partial charge >= 0.3 is 0 Å². The molecular formula is C11H20O. The zero-order valence-corrected chi connectivity index (χ0v) is 8.52. The van der Waals surface area contributed by atoms with Gasteiger partial charge in [0, 0.05) is 13.7 Å². The molecule has 12 heavy (non-hydrogen) atoms. The first-order valence-corrected chi connectivity index (χ1v) is 4.74. The minimum absolute atomic E-state index is 0.488. The first kappa shape index (κ1) is 9.79. The van der Waals surface area contributed by atoms with Gasteiger partial charge in [0.2, 0.25) is 0 Å². The van der Waals surface area contributed by atoms with Crippen molar-refractivity contribution in [2.45, 2.75) is 33.1 Å². The highest BCUT2D eigenvalue weighted by Gasteiger charge is 2.42. The summed E-state index contributed by atoms with van der Waals surface area (Å²) in [6.07, 6.45) is 3.85. The van der Waals surface area contributed by atoms with Crippen molar-refractivity contribution in [3.63, 3.8) is 0 Å². The van der Waals surface area contributed by atoms with E-state index in [0.29, 0.717) is 5.41 Å². The number of rotatable bonds is 4. The van der Waals surface area contributed by atoms with Crippen molar-refractivity contribution in [2.75, 3.05) is 13.7 Å². The lowest BCUT2D eigenvalue weighted by Crippen LogP contribution is -2.38. The molecule has 0 N–H and O–H groups in total. The van der Waals surface area contributed by atoms with Crippen LogP contribution >= 0.6 is 0 Å². The van der Waals surface area contributed by atoms with Gasteiger partial charge in [-0.25, -0.2) is 0 Å². The zero-order valence-electron chi connectivity index (χ0n) is 8.52. The van der Waals surface area contributed by atoms with E-state index in [1.54, 1.807) is 7.11 Å². The van der Waals surface area contributed by atoms with Crippen LogP contribution in [0.1, 0.15) is 33.1 Å². The molecule has 1 saturated carbocycles. The molecule has 0 spiro atoms. The third kappa shape index (κ3) is 1.71. The van der Waals surface area contributed by atoms with Gasteiger partial charge < -0.3 is 4.74 Å². The van der Waals surface area contributed by atoms with Gasteiger partial charge in [0.25, 0.3) is 0 Å². The quantitative estimate of drug-likeness (QED) is 0.586. The Balaban J connectivity index is 2.43. The lowest BCUT2D eigenvalue weighted by Gasteiger charge is -2.48. The lowest BCUT2D eigenvalue weighted by molar-refractivity contribution is 0.0360. The second kappa shape index (κ2) is 3.61. The third-order valence-electron chi connectivity index (χ3n) is 3.32. The number of methoxy groups -OCH3 is 1. The molecule has 1 fully saturated rings. The first-order chi connectivity index (χ1) is 5.60. The molecule has 1 heteroatoms. The number of allylic oxidation sites excluding steroid dienone is 1. The maximum absolute atomic E-state index is 5.11. The number of ether oxygens (including phenoxy) is 1. The standard InChI is InChI=1S/C11H20O/c1-9(2)10-5-6-11(10,3)7-8-12-4/h10H,1,5-8H2,2-4H3/t10-,11-/m1/s1. The summed E-state index contributed by atoms with van der Waals surface area (Å²) in [5, 5.41) is 0. The van der Waals surface area contributed by atoms with Crippen LogP contribution in [0.5, 0.6) is 0 Å². The molecule has 0 radical (unpaired) electrons. The third-order valence-corrected chi connectivity index (χ3v) is 3.32. The molecule has 0 aromatic heterocycles. The Morgan fingerprint density at radius 1 is 1.67 bits per heavy atom. The summed E-state index contributed by atoms with van der Waals surface area (Å²) in [5.41, 5.74) is 1.84. The van der Waals surface area contributed by atoms with Crippen LogP contribution in [0.15, 0.2) is 12.2 Å². The van der Waals surface area contributed by atoms with Crippen LogP contribution in [-0.4, -0.2) is 13.7 Å². The van der Waals surface area contributed by atoms with Crippen molar-refractivity contribution in [3.05, 3.63) is 12.2 Å². The van der Waals surface area contributed by atoms with E-state index in [2.05, 4.69) is 20.4 Å². The molecule has 1 aliphatic carbocycles. The van der Waals surface area contributed by atoms with Gasteiger partial charge in [-0.05, 0) is 37.5 Å². The second-order valence-corrected chi connectivity index (χ2v) is 4.33. The Hall–Kier alpha value is -0.300. The fourth-order valence-corrected chi connectivity index (χ4v) is 2.26. The first-order valence-electron chi connectivity index (χ1n) is 4.74. The van der Waals surface area contributed by atoms with E-state index in [1.807, 2.05) is 0 Å². The van der Waals surface area contributed by atoms with E-state index in [-0.39, 0.29) is 0 Å². The summed E-state index contributed by atoms with van der Waals surface area (Å²) in [5.74, 6) is 0.743. The average Bonchev–Trinajstić information content (AvgIpc) is 1.97. The van der Waals surface area contributed by atoms with E-state index in [9.17, 15) is 0 Å². The average molecular weight is 168 g/mol. The Morgan fingerprint density at radius 2 is 2.33 bits per heavy atom. The van der Waals surface area contributed by atoms with Crippen LogP contribution in [0.25, 0.3) is 0 Å². The van der Waals surface area contributed by atoms with Gasteiger partial charge in [-0.3, -0.25) is 0 Å². The van der Waals surface area contributed by atoms with Crippen molar-refractivity contribution >= 4 is 0 Å². The van der Waals surface area contributed by atoms with Gasteiger partial charge in [0.1, 0.15) is 0 Å². The molecule has 0 bridgehead atoms. The topological polar surface area (TPSA) is 9.23 Å². The molecule has 2 atom stereocenters. The molecule has 0 aromatic rings. The van der Waals surface area contributed by atoms with E-state index >= 15 is 0 Å².